The van der Waals surface area contributed by atoms with E-state index in [1.807, 2.05) is 48.5 Å². The number of carbonyl (C=O) groups is 1. The number of Topliss-reactive ketones (excluding diaryl/α,β-unsaturated/α-hetero) is 1. The van der Waals surface area contributed by atoms with Gasteiger partial charge in [-0.3, -0.25) is 4.79 Å². The number of rotatable bonds is 6. The molecule has 3 nitrogen and oxygen atoms in total. The molecule has 0 saturated heterocycles. The lowest BCUT2D eigenvalue weighted by atomic mass is 10.1. The first-order chi connectivity index (χ1) is 12.1. The third-order valence-electron chi connectivity index (χ3n) is 4.42. The second-order valence-corrected chi connectivity index (χ2v) is 6.77. The monoisotopic (exact) mass is 336 g/mol. The Kier molecular flexibility index (Phi) is 5.22. The predicted molar refractivity (Wildman–Crippen MR) is 100 cm³/mol. The van der Waals surface area contributed by atoms with Gasteiger partial charge in [0.05, 0.1) is 13.7 Å². The van der Waals surface area contributed by atoms with Crippen LogP contribution in [0.4, 0.5) is 0 Å². The maximum Gasteiger partial charge on any atom is 0.189 e. The van der Waals surface area contributed by atoms with Crippen molar-refractivity contribution in [3.05, 3.63) is 64.7 Å². The van der Waals surface area contributed by atoms with Gasteiger partial charge in [0.15, 0.2) is 17.3 Å². The molecule has 0 amide bonds. The average Bonchev–Trinajstić information content (AvgIpc) is 2.92. The van der Waals surface area contributed by atoms with Gasteiger partial charge < -0.3 is 9.47 Å². The predicted octanol–water partition coefficient (Wildman–Crippen LogP) is 4.94. The molecule has 0 aromatic heterocycles. The molecule has 1 aliphatic rings. The molecule has 0 radical (unpaired) electrons. The van der Waals surface area contributed by atoms with E-state index in [4.69, 9.17) is 9.47 Å². The summed E-state index contributed by atoms with van der Waals surface area (Å²) in [5.41, 5.74) is 3.68. The zero-order valence-corrected chi connectivity index (χ0v) is 15.0. The Morgan fingerprint density at radius 3 is 2.64 bits per heavy atom. The zero-order chi connectivity index (χ0) is 17.8. The molecule has 130 valence electrons. The molecular weight excluding hydrogens is 312 g/mol. The fourth-order valence-corrected chi connectivity index (χ4v) is 2.97. The standard InChI is InChI=1S/C22H24O3/c1-15(2)10-11-25-20-9-8-16(13-21(20)24-3)12-18-14-17-6-4-5-7-19(17)22(18)23/h4-9,12-13,15H,10-11,14H2,1-3H3/b18-12-. The van der Waals surface area contributed by atoms with E-state index in [2.05, 4.69) is 13.8 Å². The molecule has 2 aromatic rings. The number of carbonyl (C=O) groups excluding carboxylic acids is 1. The number of allylic oxidation sites excluding steroid dienone is 1. The molecule has 1 aliphatic carbocycles. The Morgan fingerprint density at radius 2 is 1.92 bits per heavy atom. The molecule has 0 aliphatic heterocycles. The third kappa shape index (κ3) is 3.93. The van der Waals surface area contributed by atoms with Gasteiger partial charge in [-0.1, -0.05) is 44.2 Å². The SMILES string of the molecule is COc1cc(/C=C2/Cc3ccccc3C2=O)ccc1OCCC(C)C. The highest BCUT2D eigenvalue weighted by Gasteiger charge is 2.24. The van der Waals surface area contributed by atoms with Crippen LogP contribution in [0.15, 0.2) is 48.0 Å². The van der Waals surface area contributed by atoms with Crippen molar-refractivity contribution in [1.82, 2.24) is 0 Å². The summed E-state index contributed by atoms with van der Waals surface area (Å²) in [6, 6.07) is 13.6. The largest absolute Gasteiger partial charge is 0.493 e. The molecule has 0 atom stereocenters. The van der Waals surface area contributed by atoms with Crippen molar-refractivity contribution < 1.29 is 14.3 Å². The summed E-state index contributed by atoms with van der Waals surface area (Å²) < 4.78 is 11.3. The van der Waals surface area contributed by atoms with Crippen LogP contribution >= 0.6 is 0 Å². The number of ketones is 1. The lowest BCUT2D eigenvalue weighted by Gasteiger charge is -2.12. The van der Waals surface area contributed by atoms with Gasteiger partial charge in [-0.05, 0) is 41.7 Å². The number of benzene rings is 2. The first kappa shape index (κ1) is 17.3. The molecule has 3 rings (SSSR count). The molecule has 25 heavy (non-hydrogen) atoms. The average molecular weight is 336 g/mol. The number of fused-ring (bicyclic) bond motifs is 1. The summed E-state index contributed by atoms with van der Waals surface area (Å²) in [7, 11) is 1.64. The smallest absolute Gasteiger partial charge is 0.189 e. The summed E-state index contributed by atoms with van der Waals surface area (Å²) >= 11 is 0. The topological polar surface area (TPSA) is 35.5 Å². The van der Waals surface area contributed by atoms with Crippen molar-refractivity contribution in [2.75, 3.05) is 13.7 Å². The Bertz CT molecular complexity index is 803. The van der Waals surface area contributed by atoms with Gasteiger partial charge in [-0.15, -0.1) is 0 Å². The molecule has 0 unspecified atom stereocenters. The van der Waals surface area contributed by atoms with Gasteiger partial charge >= 0.3 is 0 Å². The Hall–Kier alpha value is -2.55. The highest BCUT2D eigenvalue weighted by Crippen LogP contribution is 2.32. The van der Waals surface area contributed by atoms with E-state index >= 15 is 0 Å². The van der Waals surface area contributed by atoms with Gasteiger partial charge in [-0.2, -0.15) is 0 Å². The molecule has 0 N–H and O–H groups in total. The van der Waals surface area contributed by atoms with Crippen molar-refractivity contribution in [3.63, 3.8) is 0 Å². The minimum absolute atomic E-state index is 0.117. The van der Waals surface area contributed by atoms with Crippen molar-refractivity contribution in [1.29, 1.82) is 0 Å². The van der Waals surface area contributed by atoms with Crippen molar-refractivity contribution in [2.45, 2.75) is 26.7 Å². The second-order valence-electron chi connectivity index (χ2n) is 6.77. The minimum atomic E-state index is 0.117. The highest BCUT2D eigenvalue weighted by molar-refractivity contribution is 6.15. The van der Waals surface area contributed by atoms with Gasteiger partial charge in [0.2, 0.25) is 0 Å². The zero-order valence-electron chi connectivity index (χ0n) is 15.0. The number of methoxy groups -OCH3 is 1. The minimum Gasteiger partial charge on any atom is -0.493 e. The van der Waals surface area contributed by atoms with Gasteiger partial charge in [-0.25, -0.2) is 0 Å². The fourth-order valence-electron chi connectivity index (χ4n) is 2.97. The summed E-state index contributed by atoms with van der Waals surface area (Å²) in [4.78, 5) is 12.5. The lowest BCUT2D eigenvalue weighted by molar-refractivity contribution is 0.104. The molecule has 0 saturated carbocycles. The van der Waals surface area contributed by atoms with Gasteiger partial charge in [0.25, 0.3) is 0 Å². The van der Waals surface area contributed by atoms with E-state index < -0.39 is 0 Å². The molecule has 0 fully saturated rings. The van der Waals surface area contributed by atoms with Crippen LogP contribution in [0.1, 0.15) is 41.8 Å². The van der Waals surface area contributed by atoms with E-state index in [-0.39, 0.29) is 5.78 Å². The normalized spacial score (nSPS) is 14.9. The third-order valence-corrected chi connectivity index (χ3v) is 4.42. The number of hydrogen-bond acceptors (Lipinski definition) is 3. The van der Waals surface area contributed by atoms with Gasteiger partial charge in [0, 0.05) is 17.6 Å². The van der Waals surface area contributed by atoms with E-state index in [1.165, 1.54) is 0 Å². The fraction of sp³-hybridized carbons (Fsp3) is 0.318. The first-order valence-electron chi connectivity index (χ1n) is 8.72. The molecular formula is C22H24O3. The highest BCUT2D eigenvalue weighted by atomic mass is 16.5. The van der Waals surface area contributed by atoms with Crippen LogP contribution in [0.3, 0.4) is 0 Å². The van der Waals surface area contributed by atoms with Crippen LogP contribution in [-0.2, 0) is 6.42 Å². The Balaban J connectivity index is 1.79. The van der Waals surface area contributed by atoms with E-state index in [1.54, 1.807) is 7.11 Å². The molecule has 0 spiro atoms. The van der Waals surface area contributed by atoms with Crippen molar-refractivity contribution in [2.24, 2.45) is 5.92 Å². The van der Waals surface area contributed by atoms with Crippen molar-refractivity contribution in [3.8, 4) is 11.5 Å². The summed E-state index contributed by atoms with van der Waals surface area (Å²) in [5.74, 6) is 2.16. The first-order valence-corrected chi connectivity index (χ1v) is 8.72. The van der Waals surface area contributed by atoms with Gasteiger partial charge in [0.1, 0.15) is 0 Å². The maximum absolute atomic E-state index is 12.5. The quantitative estimate of drug-likeness (QED) is 0.701. The van der Waals surface area contributed by atoms with Crippen LogP contribution in [0, 0.1) is 5.92 Å². The van der Waals surface area contributed by atoms with Crippen LogP contribution in [0.5, 0.6) is 11.5 Å². The molecule has 2 aromatic carbocycles. The van der Waals surface area contributed by atoms with E-state index in [0.717, 1.165) is 34.4 Å². The maximum atomic E-state index is 12.5. The van der Waals surface area contributed by atoms with Crippen LogP contribution in [-0.4, -0.2) is 19.5 Å². The number of hydrogen-bond donors (Lipinski definition) is 0. The Labute approximate surface area is 149 Å². The van der Waals surface area contributed by atoms with Crippen LogP contribution in [0.25, 0.3) is 6.08 Å². The van der Waals surface area contributed by atoms with Crippen LogP contribution in [0.2, 0.25) is 0 Å². The number of ether oxygens (including phenoxy) is 2. The lowest BCUT2D eigenvalue weighted by Crippen LogP contribution is -2.02. The second kappa shape index (κ2) is 7.56. The van der Waals surface area contributed by atoms with Crippen molar-refractivity contribution >= 4 is 11.9 Å². The summed E-state index contributed by atoms with van der Waals surface area (Å²) in [6.07, 6.45) is 3.63. The summed E-state index contributed by atoms with van der Waals surface area (Å²) in [6.45, 7) is 5.02. The summed E-state index contributed by atoms with van der Waals surface area (Å²) in [5, 5.41) is 0. The van der Waals surface area contributed by atoms with E-state index in [0.29, 0.717) is 24.7 Å². The molecule has 3 heteroatoms. The van der Waals surface area contributed by atoms with Crippen LogP contribution < -0.4 is 9.47 Å². The Morgan fingerprint density at radius 1 is 1.12 bits per heavy atom. The molecule has 0 heterocycles. The molecule has 0 bridgehead atoms. The van der Waals surface area contributed by atoms with E-state index in [9.17, 15) is 4.79 Å².